The van der Waals surface area contributed by atoms with Crippen LogP contribution in [-0.2, 0) is 11.2 Å². The van der Waals surface area contributed by atoms with Crippen LogP contribution >= 0.6 is 0 Å². The number of likely N-dealkylation sites (N-methyl/N-ethyl adjacent to an activating group) is 1. The molecule has 0 saturated carbocycles. The van der Waals surface area contributed by atoms with E-state index in [4.69, 9.17) is 9.52 Å². The van der Waals surface area contributed by atoms with Gasteiger partial charge in [0.2, 0.25) is 0 Å². The maximum Gasteiger partial charge on any atom is 0.303 e. The highest BCUT2D eigenvalue weighted by atomic mass is 16.4. The molecule has 0 bridgehead atoms. The van der Waals surface area contributed by atoms with E-state index in [-0.39, 0.29) is 6.42 Å². The van der Waals surface area contributed by atoms with Crippen LogP contribution in [0.1, 0.15) is 36.8 Å². The first kappa shape index (κ1) is 12.1. The van der Waals surface area contributed by atoms with Crippen molar-refractivity contribution >= 4 is 5.97 Å². The van der Waals surface area contributed by atoms with E-state index in [9.17, 15) is 4.79 Å². The van der Waals surface area contributed by atoms with E-state index in [1.807, 2.05) is 0 Å². The molecule has 1 N–H and O–H groups in total. The fraction of sp³-hybridized carbons (Fsp3) is 0.667. The Balaban J connectivity index is 1.95. The first-order valence-corrected chi connectivity index (χ1v) is 6.00. The SMILES string of the molecule is CN1CCCC(c2ncc(CCC(=O)O)o2)C1. The van der Waals surface area contributed by atoms with E-state index in [1.54, 1.807) is 6.20 Å². The van der Waals surface area contributed by atoms with Gasteiger partial charge in [-0.05, 0) is 26.4 Å². The maximum absolute atomic E-state index is 10.5. The van der Waals surface area contributed by atoms with Crippen LogP contribution in [0.15, 0.2) is 10.6 Å². The van der Waals surface area contributed by atoms with Gasteiger partial charge in [-0.1, -0.05) is 0 Å². The minimum absolute atomic E-state index is 0.0964. The molecule has 5 nitrogen and oxygen atoms in total. The van der Waals surface area contributed by atoms with Crippen molar-refractivity contribution in [3.05, 3.63) is 17.8 Å². The van der Waals surface area contributed by atoms with E-state index < -0.39 is 5.97 Å². The van der Waals surface area contributed by atoms with Crippen molar-refractivity contribution in [3.63, 3.8) is 0 Å². The first-order chi connectivity index (χ1) is 8.15. The van der Waals surface area contributed by atoms with E-state index in [1.165, 1.54) is 0 Å². The predicted molar refractivity (Wildman–Crippen MR) is 61.9 cm³/mol. The second-order valence-corrected chi connectivity index (χ2v) is 4.66. The molecule has 1 aromatic heterocycles. The lowest BCUT2D eigenvalue weighted by Crippen LogP contribution is -2.30. The molecule has 1 atom stereocenters. The lowest BCUT2D eigenvalue weighted by molar-refractivity contribution is -0.137. The number of piperidine rings is 1. The van der Waals surface area contributed by atoms with Crippen molar-refractivity contribution in [2.24, 2.45) is 0 Å². The van der Waals surface area contributed by atoms with Gasteiger partial charge < -0.3 is 14.4 Å². The minimum atomic E-state index is -0.805. The number of carbonyl (C=O) groups is 1. The summed E-state index contributed by atoms with van der Waals surface area (Å²) in [5.74, 6) is 0.986. The Labute approximate surface area is 100 Å². The van der Waals surface area contributed by atoms with Gasteiger partial charge in [0.25, 0.3) is 0 Å². The summed E-state index contributed by atoms with van der Waals surface area (Å²) >= 11 is 0. The normalized spacial score (nSPS) is 21.6. The lowest BCUT2D eigenvalue weighted by Gasteiger charge is -2.27. The molecule has 0 radical (unpaired) electrons. The Morgan fingerprint density at radius 2 is 2.53 bits per heavy atom. The third-order valence-electron chi connectivity index (χ3n) is 3.13. The largest absolute Gasteiger partial charge is 0.481 e. The van der Waals surface area contributed by atoms with Crippen LogP contribution in [0.3, 0.4) is 0 Å². The number of aliphatic carboxylic acids is 1. The summed E-state index contributed by atoms with van der Waals surface area (Å²) in [6, 6.07) is 0. The summed E-state index contributed by atoms with van der Waals surface area (Å²) in [6.07, 6.45) is 4.44. The van der Waals surface area contributed by atoms with Gasteiger partial charge in [-0.2, -0.15) is 0 Å². The molecule has 1 aliphatic rings. The molecular weight excluding hydrogens is 220 g/mol. The number of carboxylic acids is 1. The number of nitrogens with zero attached hydrogens (tertiary/aromatic N) is 2. The summed E-state index contributed by atoms with van der Waals surface area (Å²) in [4.78, 5) is 17.0. The Morgan fingerprint density at radius 3 is 3.24 bits per heavy atom. The average Bonchev–Trinajstić information content (AvgIpc) is 2.75. The summed E-state index contributed by atoms with van der Waals surface area (Å²) in [5.41, 5.74) is 0. The van der Waals surface area contributed by atoms with Crippen LogP contribution in [0.4, 0.5) is 0 Å². The van der Waals surface area contributed by atoms with Crippen LogP contribution in [0.25, 0.3) is 0 Å². The molecule has 2 rings (SSSR count). The minimum Gasteiger partial charge on any atom is -0.481 e. The van der Waals surface area contributed by atoms with Gasteiger partial charge in [0.1, 0.15) is 5.76 Å². The molecule has 1 aromatic rings. The van der Waals surface area contributed by atoms with E-state index >= 15 is 0 Å². The smallest absolute Gasteiger partial charge is 0.303 e. The summed E-state index contributed by atoms with van der Waals surface area (Å²) in [7, 11) is 2.10. The number of oxazole rings is 1. The van der Waals surface area contributed by atoms with Crippen molar-refractivity contribution < 1.29 is 14.3 Å². The molecule has 0 spiro atoms. The van der Waals surface area contributed by atoms with Crippen molar-refractivity contribution in [1.82, 2.24) is 9.88 Å². The molecule has 0 aliphatic carbocycles. The van der Waals surface area contributed by atoms with Gasteiger partial charge in [0.05, 0.1) is 12.6 Å². The first-order valence-electron chi connectivity index (χ1n) is 6.00. The third kappa shape index (κ3) is 3.30. The maximum atomic E-state index is 10.5. The second-order valence-electron chi connectivity index (χ2n) is 4.66. The summed E-state index contributed by atoms with van der Waals surface area (Å²) in [5, 5.41) is 8.60. The van der Waals surface area contributed by atoms with Crippen molar-refractivity contribution in [2.75, 3.05) is 20.1 Å². The van der Waals surface area contributed by atoms with Gasteiger partial charge >= 0.3 is 5.97 Å². The molecule has 1 fully saturated rings. The zero-order valence-electron chi connectivity index (χ0n) is 10.1. The highest BCUT2D eigenvalue weighted by Crippen LogP contribution is 2.25. The number of aromatic nitrogens is 1. The van der Waals surface area contributed by atoms with E-state index in [0.29, 0.717) is 18.1 Å². The Bertz CT molecular complexity index is 389. The standard InChI is InChI=1S/C12H18N2O3/c1-14-6-2-3-9(8-14)12-13-7-10(17-12)4-5-11(15)16/h7,9H,2-6,8H2,1H3,(H,15,16). The fourth-order valence-corrected chi connectivity index (χ4v) is 2.23. The molecule has 1 unspecified atom stereocenters. The molecule has 94 valence electrons. The molecular formula is C12H18N2O3. The summed E-state index contributed by atoms with van der Waals surface area (Å²) < 4.78 is 5.62. The van der Waals surface area contributed by atoms with E-state index in [2.05, 4.69) is 16.9 Å². The molecule has 2 heterocycles. The van der Waals surface area contributed by atoms with Gasteiger partial charge in [-0.3, -0.25) is 4.79 Å². The molecule has 5 heteroatoms. The average molecular weight is 238 g/mol. The third-order valence-corrected chi connectivity index (χ3v) is 3.13. The second kappa shape index (κ2) is 5.31. The molecule has 1 aliphatic heterocycles. The topological polar surface area (TPSA) is 66.6 Å². The van der Waals surface area contributed by atoms with Crippen LogP contribution in [-0.4, -0.2) is 41.1 Å². The highest BCUT2D eigenvalue weighted by Gasteiger charge is 2.23. The van der Waals surface area contributed by atoms with Gasteiger partial charge in [-0.15, -0.1) is 0 Å². The fourth-order valence-electron chi connectivity index (χ4n) is 2.23. The zero-order chi connectivity index (χ0) is 12.3. The van der Waals surface area contributed by atoms with Crippen LogP contribution in [0.5, 0.6) is 0 Å². The van der Waals surface area contributed by atoms with E-state index in [0.717, 1.165) is 31.8 Å². The van der Waals surface area contributed by atoms with Crippen LogP contribution in [0.2, 0.25) is 0 Å². The summed E-state index contributed by atoms with van der Waals surface area (Å²) in [6.45, 7) is 2.10. The van der Waals surface area contributed by atoms with Gasteiger partial charge in [0, 0.05) is 18.9 Å². The van der Waals surface area contributed by atoms with Crippen molar-refractivity contribution in [1.29, 1.82) is 0 Å². The van der Waals surface area contributed by atoms with Crippen LogP contribution < -0.4 is 0 Å². The monoisotopic (exact) mass is 238 g/mol. The number of carboxylic acid groups (broad SMARTS) is 1. The molecule has 0 amide bonds. The highest BCUT2D eigenvalue weighted by molar-refractivity contribution is 5.66. The quantitative estimate of drug-likeness (QED) is 0.861. The number of hydrogen-bond donors (Lipinski definition) is 1. The number of hydrogen-bond acceptors (Lipinski definition) is 4. The predicted octanol–water partition coefficient (Wildman–Crippen LogP) is 1.50. The molecule has 1 saturated heterocycles. The van der Waals surface area contributed by atoms with Crippen molar-refractivity contribution in [3.8, 4) is 0 Å². The van der Waals surface area contributed by atoms with Crippen LogP contribution in [0, 0.1) is 0 Å². The van der Waals surface area contributed by atoms with Gasteiger partial charge in [-0.25, -0.2) is 4.98 Å². The number of likely N-dealkylation sites (tertiary alicyclic amines) is 1. The molecule has 17 heavy (non-hydrogen) atoms. The molecule has 0 aromatic carbocycles. The Hall–Kier alpha value is -1.36. The zero-order valence-corrected chi connectivity index (χ0v) is 10.1. The number of rotatable bonds is 4. The lowest BCUT2D eigenvalue weighted by atomic mass is 9.99. The Morgan fingerprint density at radius 1 is 1.71 bits per heavy atom. The van der Waals surface area contributed by atoms with Gasteiger partial charge in [0.15, 0.2) is 5.89 Å². The Kier molecular flexibility index (Phi) is 3.78. The van der Waals surface area contributed by atoms with Crippen molar-refractivity contribution in [2.45, 2.75) is 31.6 Å². The number of aryl methyl sites for hydroxylation is 1.